The van der Waals surface area contributed by atoms with E-state index in [1.165, 1.54) is 17.0 Å². The lowest BCUT2D eigenvalue weighted by Gasteiger charge is -2.32. The van der Waals surface area contributed by atoms with E-state index in [1.54, 1.807) is 31.2 Å². The van der Waals surface area contributed by atoms with Gasteiger partial charge >= 0.3 is 0 Å². The number of nitrogens with one attached hydrogen (secondary N) is 1. The van der Waals surface area contributed by atoms with E-state index in [-0.39, 0.29) is 17.3 Å². The molecular weight excluding hydrogens is 578 g/mol. The summed E-state index contributed by atoms with van der Waals surface area (Å²) in [7, 11) is -4.08. The maximum Gasteiger partial charge on any atom is 0.264 e. The van der Waals surface area contributed by atoms with Gasteiger partial charge in [-0.15, -0.1) is 0 Å². The fourth-order valence-electron chi connectivity index (χ4n) is 4.13. The summed E-state index contributed by atoms with van der Waals surface area (Å²) in [6.45, 7) is 7.61. The Morgan fingerprint density at radius 1 is 0.974 bits per heavy atom. The summed E-state index contributed by atoms with van der Waals surface area (Å²) in [6.07, 6.45) is 1.76. The van der Waals surface area contributed by atoms with E-state index >= 15 is 0 Å². The molecule has 0 fully saturated rings. The second-order valence-corrected chi connectivity index (χ2v) is 12.4. The molecule has 0 bridgehead atoms. The third-order valence-electron chi connectivity index (χ3n) is 6.51. The average molecular weight is 615 g/mol. The van der Waals surface area contributed by atoms with Gasteiger partial charge in [0.15, 0.2) is 0 Å². The van der Waals surface area contributed by atoms with Gasteiger partial charge in [-0.1, -0.05) is 71.7 Å². The number of nitrogens with zero attached hydrogens (tertiary/aromatic N) is 2. The van der Waals surface area contributed by atoms with Crippen LogP contribution in [-0.4, -0.2) is 44.3 Å². The first-order valence-corrected chi connectivity index (χ1v) is 15.2. The summed E-state index contributed by atoms with van der Waals surface area (Å²) in [6, 6.07) is 20.2. The Kier molecular flexibility index (Phi) is 10.7. The summed E-state index contributed by atoms with van der Waals surface area (Å²) in [5.41, 5.74) is 2.84. The highest BCUT2D eigenvalue weighted by molar-refractivity contribution is 9.10. The van der Waals surface area contributed by atoms with Gasteiger partial charge < -0.3 is 10.2 Å². The lowest BCUT2D eigenvalue weighted by Crippen LogP contribution is -2.51. The Labute approximate surface area is 240 Å². The first-order valence-electron chi connectivity index (χ1n) is 13.0. The minimum absolute atomic E-state index is 0.0866. The molecular formula is C30H36BrN3O4S. The number of sulfonamides is 1. The normalized spacial score (nSPS) is 12.0. The second kappa shape index (κ2) is 13.8. The zero-order valence-electron chi connectivity index (χ0n) is 22.9. The number of halogens is 1. The number of unbranched alkanes of at least 4 members (excludes halogenated alkanes) is 1. The SMILES string of the molecule is CCCCNC(=O)[C@H](C)N(Cc1ccc(Br)cc1)C(=O)CN(c1cc(C)ccc1C)S(=O)(=O)c1ccccc1. The highest BCUT2D eigenvalue weighted by Crippen LogP contribution is 2.28. The predicted octanol–water partition coefficient (Wildman–Crippen LogP) is 5.59. The molecule has 0 saturated carbocycles. The van der Waals surface area contributed by atoms with E-state index in [0.717, 1.165) is 38.3 Å². The summed E-state index contributed by atoms with van der Waals surface area (Å²) >= 11 is 3.43. The fraction of sp³-hybridized carbons (Fsp3) is 0.333. The van der Waals surface area contributed by atoms with Crippen LogP contribution in [0.5, 0.6) is 0 Å². The zero-order chi connectivity index (χ0) is 28.6. The van der Waals surface area contributed by atoms with Crippen LogP contribution in [0.3, 0.4) is 0 Å². The van der Waals surface area contributed by atoms with Crippen LogP contribution >= 0.6 is 15.9 Å². The van der Waals surface area contributed by atoms with Crippen molar-refractivity contribution in [3.63, 3.8) is 0 Å². The molecule has 0 unspecified atom stereocenters. The average Bonchev–Trinajstić information content (AvgIpc) is 2.92. The number of rotatable bonds is 12. The largest absolute Gasteiger partial charge is 0.354 e. The van der Waals surface area contributed by atoms with E-state index in [4.69, 9.17) is 0 Å². The Bertz CT molecular complexity index is 1380. The molecule has 0 radical (unpaired) electrons. The van der Waals surface area contributed by atoms with E-state index in [9.17, 15) is 18.0 Å². The molecule has 0 aliphatic carbocycles. The fourth-order valence-corrected chi connectivity index (χ4v) is 5.88. The van der Waals surface area contributed by atoms with Gasteiger partial charge in [0.25, 0.3) is 10.0 Å². The van der Waals surface area contributed by atoms with Crippen molar-refractivity contribution >= 4 is 43.5 Å². The summed E-state index contributed by atoms with van der Waals surface area (Å²) < 4.78 is 29.8. The molecule has 1 N–H and O–H groups in total. The van der Waals surface area contributed by atoms with Crippen LogP contribution < -0.4 is 9.62 Å². The Morgan fingerprint density at radius 2 is 1.64 bits per heavy atom. The van der Waals surface area contributed by atoms with Crippen molar-refractivity contribution in [2.24, 2.45) is 0 Å². The van der Waals surface area contributed by atoms with E-state index in [0.29, 0.717) is 12.2 Å². The standard InChI is InChI=1S/C30H36BrN3O4S/c1-5-6-18-32-30(36)24(4)33(20-25-14-16-26(31)17-15-25)29(35)21-34(28-19-22(2)12-13-23(28)3)39(37,38)27-10-8-7-9-11-27/h7-17,19,24H,5-6,18,20-21H2,1-4H3,(H,32,36)/t24-/m0/s1. The van der Waals surface area contributed by atoms with Gasteiger partial charge in [-0.3, -0.25) is 13.9 Å². The third kappa shape index (κ3) is 7.92. The molecule has 3 rings (SSSR count). The lowest BCUT2D eigenvalue weighted by atomic mass is 10.1. The first-order chi connectivity index (χ1) is 18.5. The molecule has 0 aromatic heterocycles. The monoisotopic (exact) mass is 613 g/mol. The number of hydrogen-bond acceptors (Lipinski definition) is 4. The van der Waals surface area contributed by atoms with Crippen LogP contribution in [0.4, 0.5) is 5.69 Å². The van der Waals surface area contributed by atoms with E-state index in [2.05, 4.69) is 21.2 Å². The highest BCUT2D eigenvalue weighted by atomic mass is 79.9. The number of carbonyl (C=O) groups is 2. The third-order valence-corrected chi connectivity index (χ3v) is 8.81. The molecule has 2 amide bonds. The highest BCUT2D eigenvalue weighted by Gasteiger charge is 2.33. The molecule has 3 aromatic carbocycles. The second-order valence-electron chi connectivity index (χ2n) is 9.58. The van der Waals surface area contributed by atoms with Crippen molar-refractivity contribution in [1.82, 2.24) is 10.2 Å². The maximum atomic E-state index is 14.0. The zero-order valence-corrected chi connectivity index (χ0v) is 25.3. The topological polar surface area (TPSA) is 86.8 Å². The predicted molar refractivity (Wildman–Crippen MR) is 159 cm³/mol. The molecule has 0 heterocycles. The number of hydrogen-bond donors (Lipinski definition) is 1. The van der Waals surface area contributed by atoms with Crippen LogP contribution in [0.1, 0.15) is 43.4 Å². The van der Waals surface area contributed by atoms with E-state index in [1.807, 2.05) is 57.2 Å². The van der Waals surface area contributed by atoms with Crippen LogP contribution in [0, 0.1) is 13.8 Å². The van der Waals surface area contributed by atoms with Crippen molar-refractivity contribution in [2.75, 3.05) is 17.4 Å². The van der Waals surface area contributed by atoms with Gasteiger partial charge in [0, 0.05) is 17.6 Å². The van der Waals surface area contributed by atoms with Crippen molar-refractivity contribution in [3.8, 4) is 0 Å². The van der Waals surface area contributed by atoms with Crippen LogP contribution in [0.15, 0.2) is 82.2 Å². The van der Waals surface area contributed by atoms with Gasteiger partial charge in [-0.05, 0) is 74.2 Å². The molecule has 208 valence electrons. The minimum Gasteiger partial charge on any atom is -0.354 e. The van der Waals surface area contributed by atoms with Crippen molar-refractivity contribution < 1.29 is 18.0 Å². The minimum atomic E-state index is -4.08. The smallest absolute Gasteiger partial charge is 0.264 e. The Morgan fingerprint density at radius 3 is 2.28 bits per heavy atom. The lowest BCUT2D eigenvalue weighted by molar-refractivity contribution is -0.139. The molecule has 0 aliphatic rings. The molecule has 0 spiro atoms. The number of benzene rings is 3. The summed E-state index contributed by atoms with van der Waals surface area (Å²) in [4.78, 5) is 28.5. The van der Waals surface area contributed by atoms with Crippen LogP contribution in [-0.2, 0) is 26.2 Å². The first kappa shape index (κ1) is 30.4. The van der Waals surface area contributed by atoms with Crippen molar-refractivity contribution in [2.45, 2.75) is 58.0 Å². The van der Waals surface area contributed by atoms with Gasteiger partial charge in [0.2, 0.25) is 11.8 Å². The Hall–Kier alpha value is -3.17. The number of anilines is 1. The molecule has 1 atom stereocenters. The van der Waals surface area contributed by atoms with Crippen molar-refractivity contribution in [3.05, 3.63) is 94.0 Å². The van der Waals surface area contributed by atoms with Gasteiger partial charge in [-0.25, -0.2) is 8.42 Å². The van der Waals surface area contributed by atoms with E-state index < -0.39 is 28.5 Å². The van der Waals surface area contributed by atoms with Crippen LogP contribution in [0.2, 0.25) is 0 Å². The summed E-state index contributed by atoms with van der Waals surface area (Å²) in [5.74, 6) is -0.755. The molecule has 7 nitrogen and oxygen atoms in total. The summed E-state index contributed by atoms with van der Waals surface area (Å²) in [5, 5.41) is 2.90. The number of carbonyl (C=O) groups excluding carboxylic acids is 2. The van der Waals surface area contributed by atoms with Crippen molar-refractivity contribution in [1.29, 1.82) is 0 Å². The van der Waals surface area contributed by atoms with Gasteiger partial charge in [-0.2, -0.15) is 0 Å². The molecule has 3 aromatic rings. The number of aryl methyl sites for hydroxylation is 2. The van der Waals surface area contributed by atoms with Gasteiger partial charge in [0.05, 0.1) is 10.6 Å². The Balaban J connectivity index is 2.02. The molecule has 0 aliphatic heterocycles. The van der Waals surface area contributed by atoms with Gasteiger partial charge in [0.1, 0.15) is 12.6 Å². The molecule has 9 heteroatoms. The number of amides is 2. The quantitative estimate of drug-likeness (QED) is 0.270. The maximum absolute atomic E-state index is 14.0. The van der Waals surface area contributed by atoms with Crippen LogP contribution in [0.25, 0.3) is 0 Å². The molecule has 0 saturated heterocycles. The molecule has 39 heavy (non-hydrogen) atoms.